The Balaban J connectivity index is 1.33. The lowest BCUT2D eigenvalue weighted by Gasteiger charge is -2.40. The van der Waals surface area contributed by atoms with Crippen LogP contribution in [0.3, 0.4) is 0 Å². The highest BCUT2D eigenvalue weighted by atomic mass is 16.4. The molecule has 0 amide bonds. The van der Waals surface area contributed by atoms with Gasteiger partial charge in [-0.3, -0.25) is 14.6 Å². The van der Waals surface area contributed by atoms with Crippen LogP contribution < -0.4 is 0 Å². The second-order valence-corrected chi connectivity index (χ2v) is 7.77. The van der Waals surface area contributed by atoms with E-state index in [-0.39, 0.29) is 5.69 Å². The Hall–Kier alpha value is -2.25. The molecular formula is C21H29N5O2. The summed E-state index contributed by atoms with van der Waals surface area (Å²) in [6.07, 6.45) is 7.61. The van der Waals surface area contributed by atoms with E-state index in [0.29, 0.717) is 6.04 Å². The van der Waals surface area contributed by atoms with Gasteiger partial charge in [-0.25, -0.2) is 4.79 Å². The molecule has 7 nitrogen and oxygen atoms in total. The van der Waals surface area contributed by atoms with Gasteiger partial charge in [0, 0.05) is 69.0 Å². The number of rotatable bonds is 6. The maximum Gasteiger partial charge on any atom is 0.356 e. The highest BCUT2D eigenvalue weighted by Crippen LogP contribution is 2.28. The van der Waals surface area contributed by atoms with Crippen LogP contribution in [0.15, 0.2) is 24.5 Å². The normalized spacial score (nSPS) is 20.8. The minimum atomic E-state index is -0.898. The molecule has 0 aromatic carbocycles. The molecule has 1 aliphatic carbocycles. The number of aromatic carboxylic acids is 1. The van der Waals surface area contributed by atoms with Gasteiger partial charge >= 0.3 is 5.97 Å². The molecule has 1 atom stereocenters. The fraction of sp³-hybridized carbons (Fsp3) is 0.571. The summed E-state index contributed by atoms with van der Waals surface area (Å²) in [5.41, 5.74) is 3.70. The van der Waals surface area contributed by atoms with Crippen LogP contribution in [0, 0.1) is 0 Å². The van der Waals surface area contributed by atoms with Crippen LogP contribution in [0.25, 0.3) is 0 Å². The lowest BCUT2D eigenvalue weighted by atomic mass is 9.90. The summed E-state index contributed by atoms with van der Waals surface area (Å²) in [5, 5.41) is 13.9. The van der Waals surface area contributed by atoms with Crippen molar-refractivity contribution in [2.45, 2.75) is 45.2 Å². The van der Waals surface area contributed by atoms with Gasteiger partial charge in [-0.2, -0.15) is 5.10 Å². The van der Waals surface area contributed by atoms with Gasteiger partial charge in [0.15, 0.2) is 5.69 Å². The quantitative estimate of drug-likeness (QED) is 0.819. The van der Waals surface area contributed by atoms with Crippen LogP contribution in [0.4, 0.5) is 0 Å². The number of aryl methyl sites for hydroxylation is 1. The molecule has 1 fully saturated rings. The Bertz CT molecular complexity index is 812. The summed E-state index contributed by atoms with van der Waals surface area (Å²) >= 11 is 0. The molecule has 0 radical (unpaired) electrons. The number of pyridine rings is 1. The van der Waals surface area contributed by atoms with Crippen molar-refractivity contribution in [3.05, 3.63) is 47.0 Å². The number of piperazine rings is 1. The second kappa shape index (κ2) is 8.41. The van der Waals surface area contributed by atoms with Crippen molar-refractivity contribution in [3.63, 3.8) is 0 Å². The zero-order valence-electron chi connectivity index (χ0n) is 16.5. The topological polar surface area (TPSA) is 74.5 Å². The Labute approximate surface area is 166 Å². The Kier molecular flexibility index (Phi) is 5.73. The zero-order chi connectivity index (χ0) is 19.5. The van der Waals surface area contributed by atoms with Gasteiger partial charge in [0.05, 0.1) is 0 Å². The van der Waals surface area contributed by atoms with Crippen LogP contribution in [-0.4, -0.2) is 74.4 Å². The molecule has 4 rings (SSSR count). The average Bonchev–Trinajstić information content (AvgIpc) is 3.12. The summed E-state index contributed by atoms with van der Waals surface area (Å²) < 4.78 is 1.88. The summed E-state index contributed by atoms with van der Waals surface area (Å²) in [4.78, 5) is 20.8. The van der Waals surface area contributed by atoms with Crippen LogP contribution in [0.1, 0.15) is 40.7 Å². The first-order valence-electron chi connectivity index (χ1n) is 10.3. The number of carboxylic acid groups (broad SMARTS) is 1. The first kappa shape index (κ1) is 19.1. The summed E-state index contributed by atoms with van der Waals surface area (Å²) in [7, 11) is 0. The molecule has 0 saturated carbocycles. The van der Waals surface area contributed by atoms with Crippen molar-refractivity contribution < 1.29 is 9.90 Å². The van der Waals surface area contributed by atoms with Crippen molar-refractivity contribution in [3.8, 4) is 0 Å². The van der Waals surface area contributed by atoms with Gasteiger partial charge in [-0.1, -0.05) is 0 Å². The molecule has 2 aliphatic rings. The average molecular weight is 383 g/mol. The molecule has 1 N–H and O–H groups in total. The summed E-state index contributed by atoms with van der Waals surface area (Å²) in [5.74, 6) is -0.898. The van der Waals surface area contributed by atoms with Crippen molar-refractivity contribution in [2.75, 3.05) is 32.7 Å². The predicted molar refractivity (Wildman–Crippen MR) is 107 cm³/mol. The molecule has 150 valence electrons. The highest BCUT2D eigenvalue weighted by Gasteiger charge is 2.32. The van der Waals surface area contributed by atoms with E-state index in [2.05, 4.69) is 32.0 Å². The van der Waals surface area contributed by atoms with E-state index < -0.39 is 5.97 Å². The zero-order valence-corrected chi connectivity index (χ0v) is 16.5. The number of aromatic nitrogens is 3. The molecule has 1 saturated heterocycles. The largest absolute Gasteiger partial charge is 0.476 e. The molecule has 2 aromatic rings. The third-order valence-electron chi connectivity index (χ3n) is 6.21. The molecule has 0 spiro atoms. The fourth-order valence-electron chi connectivity index (χ4n) is 4.60. The van der Waals surface area contributed by atoms with E-state index in [1.807, 2.05) is 24.0 Å². The van der Waals surface area contributed by atoms with Crippen LogP contribution >= 0.6 is 0 Å². The van der Waals surface area contributed by atoms with Crippen molar-refractivity contribution >= 4 is 5.97 Å². The number of nitrogens with zero attached hydrogens (tertiary/aromatic N) is 5. The van der Waals surface area contributed by atoms with Gasteiger partial charge in [0.1, 0.15) is 0 Å². The second-order valence-electron chi connectivity index (χ2n) is 7.77. The lowest BCUT2D eigenvalue weighted by molar-refractivity contribution is 0.0685. The molecule has 2 aromatic heterocycles. The van der Waals surface area contributed by atoms with Gasteiger partial charge < -0.3 is 10.0 Å². The number of hydrogen-bond acceptors (Lipinski definition) is 5. The van der Waals surface area contributed by atoms with E-state index >= 15 is 0 Å². The minimum absolute atomic E-state index is 0.262. The van der Waals surface area contributed by atoms with E-state index in [0.717, 1.165) is 76.2 Å². The predicted octanol–water partition coefficient (Wildman–Crippen LogP) is 1.71. The van der Waals surface area contributed by atoms with Crippen LogP contribution in [0.2, 0.25) is 0 Å². The maximum atomic E-state index is 11.6. The van der Waals surface area contributed by atoms with Crippen LogP contribution in [0.5, 0.6) is 0 Å². The number of hydrogen-bond donors (Lipinski definition) is 1. The van der Waals surface area contributed by atoms with Crippen LogP contribution in [-0.2, 0) is 25.8 Å². The fourth-order valence-corrected chi connectivity index (χ4v) is 4.60. The molecule has 1 aliphatic heterocycles. The van der Waals surface area contributed by atoms with E-state index in [9.17, 15) is 9.90 Å². The smallest absolute Gasteiger partial charge is 0.356 e. The van der Waals surface area contributed by atoms with Gasteiger partial charge in [-0.05, 0) is 50.3 Å². The highest BCUT2D eigenvalue weighted by molar-refractivity contribution is 5.87. The van der Waals surface area contributed by atoms with E-state index in [4.69, 9.17) is 0 Å². The molecule has 0 bridgehead atoms. The van der Waals surface area contributed by atoms with Crippen molar-refractivity contribution in [2.24, 2.45) is 0 Å². The molecule has 28 heavy (non-hydrogen) atoms. The minimum Gasteiger partial charge on any atom is -0.476 e. The van der Waals surface area contributed by atoms with Gasteiger partial charge in [-0.15, -0.1) is 0 Å². The number of fused-ring (bicyclic) bond motifs is 1. The van der Waals surface area contributed by atoms with Gasteiger partial charge in [0.2, 0.25) is 0 Å². The third kappa shape index (κ3) is 3.95. The first-order chi connectivity index (χ1) is 13.7. The first-order valence-corrected chi connectivity index (χ1v) is 10.3. The standard InChI is InChI=1S/C21H29N5O2/c1-2-26-19-4-3-17(15-18(19)20(23-26)21(27)28)25-13-11-24(12-14-25)10-7-16-5-8-22-9-6-16/h5-6,8-9,17H,2-4,7,10-15H2,1H3,(H,27,28). The summed E-state index contributed by atoms with van der Waals surface area (Å²) in [6, 6.07) is 4.61. The van der Waals surface area contributed by atoms with Crippen molar-refractivity contribution in [1.82, 2.24) is 24.6 Å². The van der Waals surface area contributed by atoms with E-state index in [1.165, 1.54) is 5.56 Å². The molecule has 1 unspecified atom stereocenters. The molecule has 3 heterocycles. The SMILES string of the molecule is CCn1nc(C(=O)O)c2c1CCC(N1CCN(CCc3ccncc3)CC1)C2. The number of carboxylic acids is 1. The molecular weight excluding hydrogens is 354 g/mol. The van der Waals surface area contributed by atoms with Crippen molar-refractivity contribution in [1.29, 1.82) is 0 Å². The Morgan fingerprint density at radius 2 is 1.96 bits per heavy atom. The third-order valence-corrected chi connectivity index (χ3v) is 6.21. The maximum absolute atomic E-state index is 11.6. The monoisotopic (exact) mass is 383 g/mol. The number of carbonyl (C=O) groups is 1. The van der Waals surface area contributed by atoms with E-state index in [1.54, 1.807) is 0 Å². The Morgan fingerprint density at radius 1 is 1.21 bits per heavy atom. The summed E-state index contributed by atoms with van der Waals surface area (Å²) in [6.45, 7) is 8.11. The van der Waals surface area contributed by atoms with Gasteiger partial charge in [0.25, 0.3) is 0 Å². The molecule has 7 heteroatoms. The lowest BCUT2D eigenvalue weighted by Crippen LogP contribution is -2.52. The Morgan fingerprint density at radius 3 is 2.64 bits per heavy atom.